The van der Waals surface area contributed by atoms with Gasteiger partial charge >= 0.3 is 0 Å². The molecule has 6 heteroatoms. The zero-order valence-corrected chi connectivity index (χ0v) is 9.51. The molecule has 1 aromatic heterocycles. The van der Waals surface area contributed by atoms with Crippen LogP contribution in [-0.2, 0) is 4.74 Å². The van der Waals surface area contributed by atoms with Gasteiger partial charge in [0, 0.05) is 13.1 Å². The Labute approximate surface area is 94.4 Å². The summed E-state index contributed by atoms with van der Waals surface area (Å²) in [6, 6.07) is 0. The number of hydrogen-bond acceptors (Lipinski definition) is 6. The number of aromatic nitrogens is 2. The normalized spacial score (nSPS) is 20.9. The number of ether oxygens (including phenoxy) is 2. The van der Waals surface area contributed by atoms with Crippen molar-refractivity contribution in [3.05, 3.63) is 6.33 Å². The van der Waals surface area contributed by atoms with Crippen molar-refractivity contribution in [1.82, 2.24) is 9.97 Å². The van der Waals surface area contributed by atoms with E-state index in [1.807, 2.05) is 6.92 Å². The molecule has 1 fully saturated rings. The van der Waals surface area contributed by atoms with Gasteiger partial charge in [0.1, 0.15) is 6.33 Å². The van der Waals surface area contributed by atoms with Gasteiger partial charge in [-0.3, -0.25) is 0 Å². The van der Waals surface area contributed by atoms with Gasteiger partial charge in [0.05, 0.1) is 19.8 Å². The zero-order chi connectivity index (χ0) is 11.5. The molecule has 0 unspecified atom stereocenters. The van der Waals surface area contributed by atoms with Gasteiger partial charge in [0.15, 0.2) is 11.6 Å². The molecule has 2 N–H and O–H groups in total. The Bertz CT molecular complexity index is 372. The first-order valence-corrected chi connectivity index (χ1v) is 5.23. The van der Waals surface area contributed by atoms with E-state index in [0.717, 1.165) is 18.9 Å². The summed E-state index contributed by atoms with van der Waals surface area (Å²) in [7, 11) is 1.57. The Balaban J connectivity index is 2.28. The number of nitrogen functional groups attached to an aromatic ring is 1. The van der Waals surface area contributed by atoms with E-state index in [4.69, 9.17) is 15.2 Å². The quantitative estimate of drug-likeness (QED) is 0.778. The van der Waals surface area contributed by atoms with E-state index < -0.39 is 0 Å². The summed E-state index contributed by atoms with van der Waals surface area (Å²) in [5, 5.41) is 0. The molecule has 1 aliphatic rings. The minimum Gasteiger partial charge on any atom is -0.490 e. The van der Waals surface area contributed by atoms with E-state index >= 15 is 0 Å². The van der Waals surface area contributed by atoms with E-state index in [2.05, 4.69) is 14.9 Å². The molecule has 1 saturated heterocycles. The number of rotatable bonds is 2. The molecule has 1 aliphatic heterocycles. The fraction of sp³-hybridized carbons (Fsp3) is 0.600. The number of nitrogens with zero attached hydrogens (tertiary/aromatic N) is 3. The van der Waals surface area contributed by atoms with Crippen molar-refractivity contribution in [2.45, 2.75) is 13.0 Å². The molecule has 16 heavy (non-hydrogen) atoms. The largest absolute Gasteiger partial charge is 0.490 e. The van der Waals surface area contributed by atoms with Gasteiger partial charge in [-0.1, -0.05) is 0 Å². The lowest BCUT2D eigenvalue weighted by Gasteiger charge is -2.32. The number of methoxy groups -OCH3 is 1. The van der Waals surface area contributed by atoms with Gasteiger partial charge in [0.25, 0.3) is 0 Å². The Kier molecular flexibility index (Phi) is 3.09. The molecule has 0 amide bonds. The maximum Gasteiger partial charge on any atom is 0.204 e. The summed E-state index contributed by atoms with van der Waals surface area (Å²) in [5.74, 6) is 1.65. The standard InChI is InChI=1S/C10H16N4O2/c1-7-5-14(3-4-16-7)10-8(15-2)9(11)12-6-13-10/h6-7H,3-5H2,1-2H3,(H2,11,12,13)/t7-/m1/s1. The van der Waals surface area contributed by atoms with E-state index in [-0.39, 0.29) is 6.10 Å². The first-order chi connectivity index (χ1) is 7.72. The molecule has 0 spiro atoms. The van der Waals surface area contributed by atoms with Crippen LogP contribution in [0.25, 0.3) is 0 Å². The highest BCUT2D eigenvalue weighted by atomic mass is 16.5. The summed E-state index contributed by atoms with van der Waals surface area (Å²) in [6.07, 6.45) is 1.64. The average molecular weight is 224 g/mol. The summed E-state index contributed by atoms with van der Waals surface area (Å²) in [5.41, 5.74) is 5.74. The van der Waals surface area contributed by atoms with E-state index in [1.54, 1.807) is 7.11 Å². The summed E-state index contributed by atoms with van der Waals surface area (Å²) >= 11 is 0. The van der Waals surface area contributed by atoms with Crippen LogP contribution in [0, 0.1) is 0 Å². The van der Waals surface area contributed by atoms with Crippen molar-refractivity contribution in [2.24, 2.45) is 0 Å². The molecule has 2 rings (SSSR count). The van der Waals surface area contributed by atoms with Crippen molar-refractivity contribution in [2.75, 3.05) is 37.4 Å². The maximum absolute atomic E-state index is 5.74. The molecule has 0 aromatic carbocycles. The lowest BCUT2D eigenvalue weighted by molar-refractivity contribution is 0.0527. The van der Waals surface area contributed by atoms with Crippen LogP contribution >= 0.6 is 0 Å². The van der Waals surface area contributed by atoms with E-state index in [1.165, 1.54) is 6.33 Å². The van der Waals surface area contributed by atoms with Crippen LogP contribution in [0.3, 0.4) is 0 Å². The third kappa shape index (κ3) is 2.01. The van der Waals surface area contributed by atoms with Crippen molar-refractivity contribution >= 4 is 11.6 Å². The minimum absolute atomic E-state index is 0.189. The molecule has 6 nitrogen and oxygen atoms in total. The lowest BCUT2D eigenvalue weighted by Crippen LogP contribution is -2.41. The highest BCUT2D eigenvalue weighted by Crippen LogP contribution is 2.30. The first-order valence-electron chi connectivity index (χ1n) is 5.23. The number of nitrogens with two attached hydrogens (primary N) is 1. The zero-order valence-electron chi connectivity index (χ0n) is 9.51. The predicted octanol–water partition coefficient (Wildman–Crippen LogP) is 0.292. The third-order valence-corrected chi connectivity index (χ3v) is 2.56. The van der Waals surface area contributed by atoms with Crippen LogP contribution in [0.15, 0.2) is 6.33 Å². The second-order valence-corrected chi connectivity index (χ2v) is 3.74. The SMILES string of the molecule is COc1c(N)ncnc1N1CCO[C@H](C)C1. The molecular formula is C10H16N4O2. The number of anilines is 2. The van der Waals surface area contributed by atoms with Crippen LogP contribution in [0.5, 0.6) is 5.75 Å². The van der Waals surface area contributed by atoms with Crippen LogP contribution in [0.2, 0.25) is 0 Å². The maximum atomic E-state index is 5.74. The van der Waals surface area contributed by atoms with Gasteiger partial charge in [0.2, 0.25) is 5.75 Å². The summed E-state index contributed by atoms with van der Waals surface area (Å²) in [6.45, 7) is 4.29. The van der Waals surface area contributed by atoms with Crippen molar-refractivity contribution in [3.63, 3.8) is 0 Å². The lowest BCUT2D eigenvalue weighted by atomic mass is 10.3. The van der Waals surface area contributed by atoms with Gasteiger partial charge in [-0.25, -0.2) is 9.97 Å². The summed E-state index contributed by atoms with van der Waals surface area (Å²) < 4.78 is 10.7. The molecule has 1 atom stereocenters. The molecule has 0 radical (unpaired) electrons. The van der Waals surface area contributed by atoms with Gasteiger partial charge in [-0.15, -0.1) is 0 Å². The van der Waals surface area contributed by atoms with Gasteiger partial charge < -0.3 is 20.1 Å². The highest BCUT2D eigenvalue weighted by Gasteiger charge is 2.22. The third-order valence-electron chi connectivity index (χ3n) is 2.56. The van der Waals surface area contributed by atoms with Crippen molar-refractivity contribution < 1.29 is 9.47 Å². The smallest absolute Gasteiger partial charge is 0.204 e. The Morgan fingerprint density at radius 2 is 2.38 bits per heavy atom. The van der Waals surface area contributed by atoms with Crippen molar-refractivity contribution in [1.29, 1.82) is 0 Å². The Hall–Kier alpha value is -1.56. The first kappa shape index (κ1) is 10.9. The van der Waals surface area contributed by atoms with Gasteiger partial charge in [-0.2, -0.15) is 0 Å². The second-order valence-electron chi connectivity index (χ2n) is 3.74. The Morgan fingerprint density at radius 1 is 1.56 bits per heavy atom. The minimum atomic E-state index is 0.189. The molecular weight excluding hydrogens is 208 g/mol. The van der Waals surface area contributed by atoms with Gasteiger partial charge in [-0.05, 0) is 6.92 Å². The number of hydrogen-bond donors (Lipinski definition) is 1. The molecule has 0 saturated carbocycles. The van der Waals surface area contributed by atoms with Crippen LogP contribution < -0.4 is 15.4 Å². The molecule has 2 heterocycles. The highest BCUT2D eigenvalue weighted by molar-refractivity contribution is 5.62. The van der Waals surface area contributed by atoms with Crippen molar-refractivity contribution in [3.8, 4) is 5.75 Å². The fourth-order valence-electron chi connectivity index (χ4n) is 1.81. The van der Waals surface area contributed by atoms with Crippen LogP contribution in [0.4, 0.5) is 11.6 Å². The molecule has 88 valence electrons. The predicted molar refractivity (Wildman–Crippen MR) is 60.6 cm³/mol. The summed E-state index contributed by atoms with van der Waals surface area (Å²) in [4.78, 5) is 10.2. The monoisotopic (exact) mass is 224 g/mol. The molecule has 0 bridgehead atoms. The van der Waals surface area contributed by atoms with E-state index in [9.17, 15) is 0 Å². The number of morpholine rings is 1. The van der Waals surface area contributed by atoms with Crippen LogP contribution in [-0.4, -0.2) is 42.9 Å². The molecule has 1 aromatic rings. The van der Waals surface area contributed by atoms with Crippen LogP contribution in [0.1, 0.15) is 6.92 Å². The van der Waals surface area contributed by atoms with E-state index in [0.29, 0.717) is 18.2 Å². The molecule has 0 aliphatic carbocycles. The fourth-order valence-corrected chi connectivity index (χ4v) is 1.81. The Morgan fingerprint density at radius 3 is 3.06 bits per heavy atom. The second kappa shape index (κ2) is 4.52. The topological polar surface area (TPSA) is 73.5 Å². The average Bonchev–Trinajstić information content (AvgIpc) is 2.28.